The molecule has 5 fully saturated rings. The minimum Gasteiger partial charge on any atom is -0.414 e. The van der Waals surface area contributed by atoms with Gasteiger partial charge in [0.2, 0.25) is 0 Å². The predicted molar refractivity (Wildman–Crippen MR) is 484 cm³/mol. The van der Waals surface area contributed by atoms with Crippen molar-refractivity contribution >= 4 is 33.3 Å². The number of ether oxygens (including phenoxy) is 16. The summed E-state index contributed by atoms with van der Waals surface area (Å²) in [4.78, 5) is 0. The lowest BCUT2D eigenvalue weighted by Gasteiger charge is -2.37. The maximum Gasteiger partial charge on any atom is 0.192 e. The van der Waals surface area contributed by atoms with Crippen LogP contribution in [-0.4, -0.2) is 194 Å². The lowest BCUT2D eigenvalue weighted by Crippen LogP contribution is -2.49. The van der Waals surface area contributed by atoms with Gasteiger partial charge in [0.05, 0.1) is 79.3 Å². The fourth-order valence-electron chi connectivity index (χ4n) is 14.4. The molecule has 0 bridgehead atoms. The molecule has 0 radical (unpaired) electrons. The number of rotatable bonds is 42. The molecule has 12 rings (SSSR count). The smallest absolute Gasteiger partial charge is 0.192 e. The SMILES string of the molecule is CC(C)(C)[Si](C)(C)OC[C@H]1O[C@@H](O[C@@H]2[C@@H](OC[C@H]3O[C@H](O)[C@@H](OCc4ccccc4)[C@@H]3O[C@H]3O[C@H](CO[Si](C)(C)C(C)(C)C)[C@@H](OCc4ccccc4)[C@@H]3O[C@@H]3O[C@H](CO[Si](C)(C)C(C)(C)C)[C@@H](OCc4ccccc4)[C@@H]3OCc3ccccc3)O[C@H](CO[Si](C)(C)C(C)(C)C)[C@H]2OCc2ccccc2)[C@@H](OCc2ccccc2)[C@@H]1OCc1ccccc1. The van der Waals surface area contributed by atoms with Gasteiger partial charge in [0, 0.05) is 0 Å². The predicted octanol–water partition coefficient (Wildman–Crippen LogP) is 19.0. The molecule has 5 saturated heterocycles. The first-order valence-corrected chi connectivity index (χ1v) is 55.7. The Kier molecular flexibility index (Phi) is 33.7. The largest absolute Gasteiger partial charge is 0.414 e. The van der Waals surface area contributed by atoms with Crippen LogP contribution in [0.3, 0.4) is 0 Å². The van der Waals surface area contributed by atoms with Gasteiger partial charge in [-0.1, -0.05) is 295 Å². The Hall–Kier alpha value is -5.43. The van der Waals surface area contributed by atoms with Crippen LogP contribution in [0.5, 0.6) is 0 Å². The molecule has 0 amide bonds. The number of hydrogen-bond donors (Lipinski definition) is 1. The number of hydrogen-bond acceptors (Lipinski definition) is 21. The summed E-state index contributed by atoms with van der Waals surface area (Å²) in [5.74, 6) is 0. The summed E-state index contributed by atoms with van der Waals surface area (Å²) < 4.78 is 145. The third-order valence-corrected chi connectivity index (χ3v) is 44.3. The van der Waals surface area contributed by atoms with E-state index in [0.29, 0.717) is 0 Å². The zero-order valence-corrected chi connectivity index (χ0v) is 80.4. The van der Waals surface area contributed by atoms with Crippen LogP contribution in [0.1, 0.15) is 122 Å². The van der Waals surface area contributed by atoms with Gasteiger partial charge in [-0.05, 0) is 111 Å². The first-order valence-electron chi connectivity index (χ1n) is 44.1. The lowest BCUT2D eigenvalue weighted by atomic mass is 10.1. The van der Waals surface area contributed by atoms with E-state index in [0.717, 1.165) is 38.9 Å². The van der Waals surface area contributed by atoms with Crippen molar-refractivity contribution in [2.45, 2.75) is 325 Å². The van der Waals surface area contributed by atoms with Crippen molar-refractivity contribution in [2.75, 3.05) is 33.0 Å². The summed E-state index contributed by atoms with van der Waals surface area (Å²) >= 11 is 0. The van der Waals surface area contributed by atoms with E-state index in [4.69, 9.17) is 93.5 Å². The van der Waals surface area contributed by atoms with Crippen molar-refractivity contribution in [1.29, 1.82) is 0 Å². The zero-order chi connectivity index (χ0) is 88.0. The van der Waals surface area contributed by atoms with E-state index in [1.54, 1.807) is 0 Å². The quantitative estimate of drug-likeness (QED) is 0.0353. The summed E-state index contributed by atoms with van der Waals surface area (Å²) in [6.45, 7) is 46.1. The van der Waals surface area contributed by atoms with Crippen molar-refractivity contribution in [3.05, 3.63) is 251 Å². The van der Waals surface area contributed by atoms with Gasteiger partial charge in [0.15, 0.2) is 64.7 Å². The first kappa shape index (κ1) is 96.6. The normalized spacial score (nSPS) is 28.1. The molecule has 5 aliphatic heterocycles. The van der Waals surface area contributed by atoms with Gasteiger partial charge in [-0.3, -0.25) is 0 Å². The van der Waals surface area contributed by atoms with Crippen LogP contribution in [0.2, 0.25) is 72.5 Å². The fraction of sp³-hybridized carbons (Fsp3) is 0.571. The maximum atomic E-state index is 12.8. The number of benzene rings is 7. The molecule has 0 unspecified atom stereocenters. The Morgan fingerprint density at radius 2 is 0.423 bits per heavy atom. The molecular formula is C98H140O21Si4. The Balaban J connectivity index is 0.946. The van der Waals surface area contributed by atoms with E-state index in [2.05, 4.69) is 135 Å². The van der Waals surface area contributed by atoms with Gasteiger partial charge in [0.25, 0.3) is 0 Å². The summed E-state index contributed by atoms with van der Waals surface area (Å²) in [6, 6.07) is 70.0. The van der Waals surface area contributed by atoms with Crippen LogP contribution in [0.4, 0.5) is 0 Å². The second-order valence-electron chi connectivity index (χ2n) is 39.5. The zero-order valence-electron chi connectivity index (χ0n) is 76.4. The van der Waals surface area contributed by atoms with Crippen molar-refractivity contribution in [2.24, 2.45) is 0 Å². The minimum atomic E-state index is -2.53. The third kappa shape index (κ3) is 26.0. The van der Waals surface area contributed by atoms with E-state index in [9.17, 15) is 5.11 Å². The van der Waals surface area contributed by atoms with E-state index in [-0.39, 0.29) is 99.4 Å². The second kappa shape index (κ2) is 42.9. The van der Waals surface area contributed by atoms with E-state index >= 15 is 0 Å². The molecule has 5 heterocycles. The number of aliphatic hydroxyl groups is 1. The van der Waals surface area contributed by atoms with Crippen molar-refractivity contribution < 1.29 is 98.6 Å². The highest BCUT2D eigenvalue weighted by Crippen LogP contribution is 2.46. The second-order valence-corrected chi connectivity index (χ2v) is 58.7. The molecule has 5 aliphatic rings. The summed E-state index contributed by atoms with van der Waals surface area (Å²) in [7, 11) is -9.86. The standard InChI is InChI=1S/C98H140O21Si4/c1-95(2,3)120(13,14)108-64-76-80(100-56-68-42-28-21-29-43-68)86(105-61-73-52-38-26-39-53-73)92(114-76)118-88-82(102-58-70-46-32-23-33-47-70)78(66-110-122(17,18)97(7,8)9)113-91(88)107-63-75-84(85(90(99)112-75)104-60-72-50-36-25-37-51-72)117-94-89(83(103-59-71-48-34-24-35-49-71)79(116-94)67-111-123(19,20)98(10,11)12)119-93-87(106-62-74-54-40-27-41-55-74)81(101-57-69-44-30-22-31-45-69)77(115-93)65-109-121(15,16)96(4,5)6/h21-55,75-94,99H,56-67H2,1-20H3/t75-,76-,77-,78-,79-,80-,81-,82-,83-,84-,85+,86+,87+,88+,89+,90+,91+,92+,93+,94-/m1/s1. The lowest BCUT2D eigenvalue weighted by molar-refractivity contribution is -0.276. The van der Waals surface area contributed by atoms with Gasteiger partial charge in [0.1, 0.15) is 91.6 Å². The molecule has 25 heteroatoms. The van der Waals surface area contributed by atoms with Crippen LogP contribution in [-0.2, 0) is 140 Å². The summed E-state index contributed by atoms with van der Waals surface area (Å²) in [5.41, 5.74) is 6.53. The molecule has 7 aromatic carbocycles. The Morgan fingerprint density at radius 3 is 0.675 bits per heavy atom. The topological polar surface area (TPSA) is 205 Å². The highest BCUT2D eigenvalue weighted by molar-refractivity contribution is 6.75. The molecule has 21 nitrogen and oxygen atoms in total. The number of aliphatic hydroxyl groups excluding tert-OH is 1. The molecule has 0 spiro atoms. The molecular weight excluding hydrogens is 1630 g/mol. The molecule has 0 saturated carbocycles. The van der Waals surface area contributed by atoms with Gasteiger partial charge in [-0.15, -0.1) is 0 Å². The summed E-state index contributed by atoms with van der Waals surface area (Å²) in [5, 5.41) is 12.1. The molecule has 1 N–H and O–H groups in total. The van der Waals surface area contributed by atoms with Gasteiger partial charge >= 0.3 is 0 Å². The van der Waals surface area contributed by atoms with Crippen molar-refractivity contribution in [1.82, 2.24) is 0 Å². The van der Waals surface area contributed by atoms with E-state index in [1.807, 2.05) is 212 Å². The molecule has 674 valence electrons. The van der Waals surface area contributed by atoms with E-state index < -0.39 is 156 Å². The van der Waals surface area contributed by atoms with Crippen LogP contribution >= 0.6 is 0 Å². The van der Waals surface area contributed by atoms with Crippen molar-refractivity contribution in [3.63, 3.8) is 0 Å². The minimum absolute atomic E-state index is 0.0700. The molecule has 0 aromatic heterocycles. The maximum absolute atomic E-state index is 12.8. The average molecular weight is 1770 g/mol. The van der Waals surface area contributed by atoms with Gasteiger partial charge < -0.3 is 98.6 Å². The Bertz CT molecular complexity index is 4240. The Labute approximate surface area is 736 Å². The average Bonchev–Trinajstić information content (AvgIpc) is 1.62. The Morgan fingerprint density at radius 1 is 0.228 bits per heavy atom. The van der Waals surface area contributed by atoms with Gasteiger partial charge in [-0.2, -0.15) is 0 Å². The van der Waals surface area contributed by atoms with Gasteiger partial charge in [-0.25, -0.2) is 0 Å². The monoisotopic (exact) mass is 1760 g/mol. The highest BCUT2D eigenvalue weighted by atomic mass is 28.4. The highest BCUT2D eigenvalue weighted by Gasteiger charge is 2.60. The van der Waals surface area contributed by atoms with Crippen molar-refractivity contribution in [3.8, 4) is 0 Å². The van der Waals surface area contributed by atoms with Crippen LogP contribution in [0, 0.1) is 0 Å². The van der Waals surface area contributed by atoms with Crippen LogP contribution in [0.25, 0.3) is 0 Å². The van der Waals surface area contributed by atoms with E-state index in [1.165, 1.54) is 0 Å². The fourth-order valence-corrected chi connectivity index (χ4v) is 18.5. The molecule has 123 heavy (non-hydrogen) atoms. The molecule has 7 aromatic rings. The van der Waals surface area contributed by atoms with Crippen LogP contribution in [0.15, 0.2) is 212 Å². The first-order chi connectivity index (χ1) is 58.4. The summed E-state index contributed by atoms with van der Waals surface area (Å²) in [6.07, 6.45) is -20.0. The van der Waals surface area contributed by atoms with Crippen LogP contribution < -0.4 is 0 Å². The third-order valence-electron chi connectivity index (χ3n) is 26.3. The molecule has 20 atom stereocenters. The molecule has 0 aliphatic carbocycles.